The number of oxime groups is 1. The second-order valence-electron chi connectivity index (χ2n) is 8.48. The van der Waals surface area contributed by atoms with Crippen LogP contribution in [0.5, 0.6) is 0 Å². The molecule has 1 saturated heterocycles. The van der Waals surface area contributed by atoms with E-state index in [1.807, 2.05) is 48.2 Å². The minimum absolute atomic E-state index is 0.000235. The lowest BCUT2D eigenvalue weighted by Gasteiger charge is -2.38. The summed E-state index contributed by atoms with van der Waals surface area (Å²) in [6.45, 7) is 3.44. The topological polar surface area (TPSA) is 121 Å². The predicted molar refractivity (Wildman–Crippen MR) is 122 cm³/mol. The van der Waals surface area contributed by atoms with Gasteiger partial charge >= 0.3 is 12.1 Å². The van der Waals surface area contributed by atoms with Crippen LogP contribution in [-0.4, -0.2) is 63.4 Å². The van der Waals surface area contributed by atoms with Crippen LogP contribution in [0.4, 0.5) is 13.2 Å². The van der Waals surface area contributed by atoms with Crippen LogP contribution in [0.3, 0.4) is 0 Å². The first kappa shape index (κ1) is 26.6. The molecule has 1 aromatic heterocycles. The highest BCUT2D eigenvalue weighted by Crippen LogP contribution is 2.34. The van der Waals surface area contributed by atoms with Crippen LogP contribution in [0.25, 0.3) is 0 Å². The highest BCUT2D eigenvalue weighted by atomic mass is 19.4. The SMILES string of the molecule is Cc1ccccc1C(=O)N1CCCC2(CC(C(=O)NCc3cccnc3)=NO2)C1.O=C(O)C(F)(F)F. The van der Waals surface area contributed by atoms with Crippen molar-refractivity contribution in [2.45, 2.75) is 44.5 Å². The van der Waals surface area contributed by atoms with E-state index in [9.17, 15) is 22.8 Å². The molecule has 12 heteroatoms. The first-order valence-electron chi connectivity index (χ1n) is 11.1. The Bertz CT molecular complexity index is 1140. The molecule has 1 atom stereocenters. The molecule has 36 heavy (non-hydrogen) atoms. The first-order valence-corrected chi connectivity index (χ1v) is 11.1. The number of aromatic nitrogens is 1. The van der Waals surface area contributed by atoms with Crippen molar-refractivity contribution in [3.05, 3.63) is 65.5 Å². The van der Waals surface area contributed by atoms with Gasteiger partial charge in [-0.15, -0.1) is 0 Å². The molecule has 0 aliphatic carbocycles. The Hall–Kier alpha value is -3.96. The van der Waals surface area contributed by atoms with Crippen molar-refractivity contribution in [3.8, 4) is 0 Å². The van der Waals surface area contributed by atoms with E-state index in [0.29, 0.717) is 37.3 Å². The molecule has 3 heterocycles. The van der Waals surface area contributed by atoms with Crippen molar-refractivity contribution in [3.63, 3.8) is 0 Å². The highest BCUT2D eigenvalue weighted by molar-refractivity contribution is 6.39. The van der Waals surface area contributed by atoms with Crippen LogP contribution >= 0.6 is 0 Å². The van der Waals surface area contributed by atoms with E-state index < -0.39 is 17.7 Å². The van der Waals surface area contributed by atoms with Gasteiger partial charge in [-0.05, 0) is 43.0 Å². The van der Waals surface area contributed by atoms with Crippen molar-refractivity contribution in [1.82, 2.24) is 15.2 Å². The number of piperidine rings is 1. The third-order valence-corrected chi connectivity index (χ3v) is 5.72. The number of rotatable bonds is 4. The van der Waals surface area contributed by atoms with E-state index in [0.717, 1.165) is 24.0 Å². The number of carbonyl (C=O) groups is 3. The highest BCUT2D eigenvalue weighted by Gasteiger charge is 2.45. The summed E-state index contributed by atoms with van der Waals surface area (Å²) in [5, 5.41) is 14.0. The molecule has 1 unspecified atom stereocenters. The number of benzene rings is 1. The number of carboxylic acids is 1. The Morgan fingerprint density at radius 2 is 1.92 bits per heavy atom. The average molecular weight is 506 g/mol. The van der Waals surface area contributed by atoms with Crippen molar-refractivity contribution in [1.29, 1.82) is 0 Å². The average Bonchev–Trinajstić information content (AvgIpc) is 3.26. The maximum Gasteiger partial charge on any atom is 0.490 e. The van der Waals surface area contributed by atoms with Gasteiger partial charge in [-0.2, -0.15) is 13.2 Å². The Morgan fingerprint density at radius 1 is 1.19 bits per heavy atom. The number of hydrogen-bond acceptors (Lipinski definition) is 6. The second-order valence-corrected chi connectivity index (χ2v) is 8.48. The summed E-state index contributed by atoms with van der Waals surface area (Å²) in [4.78, 5) is 46.0. The first-order chi connectivity index (χ1) is 17.0. The molecule has 9 nitrogen and oxygen atoms in total. The minimum atomic E-state index is -5.08. The Kier molecular flexibility index (Phi) is 8.28. The molecule has 0 radical (unpaired) electrons. The smallest absolute Gasteiger partial charge is 0.475 e. The molecule has 2 N–H and O–H groups in total. The maximum absolute atomic E-state index is 13.0. The number of pyridine rings is 1. The number of amides is 2. The van der Waals surface area contributed by atoms with Crippen LogP contribution in [0.2, 0.25) is 0 Å². The fraction of sp³-hybridized carbons (Fsp3) is 0.375. The van der Waals surface area contributed by atoms with Crippen LogP contribution in [0.15, 0.2) is 53.9 Å². The third-order valence-electron chi connectivity index (χ3n) is 5.72. The molecule has 2 amide bonds. The number of nitrogens with one attached hydrogen (secondary N) is 1. The summed E-state index contributed by atoms with van der Waals surface area (Å²) in [6, 6.07) is 11.3. The zero-order valence-corrected chi connectivity index (χ0v) is 19.4. The number of carbonyl (C=O) groups excluding carboxylic acids is 2. The number of nitrogens with zero attached hydrogens (tertiary/aromatic N) is 3. The molecular weight excluding hydrogens is 481 g/mol. The van der Waals surface area contributed by atoms with E-state index in [2.05, 4.69) is 15.5 Å². The van der Waals surface area contributed by atoms with Crippen LogP contribution < -0.4 is 5.32 Å². The van der Waals surface area contributed by atoms with Crippen LogP contribution in [-0.2, 0) is 21.0 Å². The van der Waals surface area contributed by atoms with Gasteiger partial charge in [0.05, 0.1) is 6.54 Å². The maximum atomic E-state index is 13.0. The van der Waals surface area contributed by atoms with E-state index in [1.54, 1.807) is 12.4 Å². The quantitative estimate of drug-likeness (QED) is 0.658. The van der Waals surface area contributed by atoms with Crippen molar-refractivity contribution >= 4 is 23.5 Å². The van der Waals surface area contributed by atoms with Gasteiger partial charge in [0.2, 0.25) is 0 Å². The molecular formula is C24H25F3N4O5. The number of aryl methyl sites for hydroxylation is 1. The summed E-state index contributed by atoms with van der Waals surface area (Å²) in [6.07, 6.45) is 0.316. The molecule has 0 bridgehead atoms. The number of likely N-dealkylation sites (tertiary alicyclic amines) is 1. The molecule has 1 fully saturated rings. The standard InChI is InChI=1S/C22H24N4O3.C2HF3O2/c1-16-6-2-3-8-18(16)21(28)26-11-5-9-22(15-26)12-19(25-29-22)20(27)24-14-17-7-4-10-23-13-17;3-2(4,5)1(6)7/h2-4,6-8,10,13H,5,9,11-12,14-15H2,1H3,(H,24,27);(H,6,7). The molecule has 1 spiro atoms. The van der Waals surface area contributed by atoms with E-state index in [1.165, 1.54) is 0 Å². The van der Waals surface area contributed by atoms with Crippen molar-refractivity contribution in [2.24, 2.45) is 5.16 Å². The number of aliphatic carboxylic acids is 1. The van der Waals surface area contributed by atoms with Crippen molar-refractivity contribution in [2.75, 3.05) is 13.1 Å². The van der Waals surface area contributed by atoms with E-state index in [4.69, 9.17) is 14.7 Å². The zero-order valence-electron chi connectivity index (χ0n) is 19.4. The van der Waals surface area contributed by atoms with Gasteiger partial charge in [-0.3, -0.25) is 14.6 Å². The number of carboxylic acid groups (broad SMARTS) is 1. The fourth-order valence-corrected chi connectivity index (χ4v) is 3.90. The largest absolute Gasteiger partial charge is 0.490 e. The fourth-order valence-electron chi connectivity index (χ4n) is 3.90. The lowest BCUT2D eigenvalue weighted by Crippen LogP contribution is -2.51. The number of hydrogen-bond donors (Lipinski definition) is 2. The number of halogens is 3. The second kappa shape index (κ2) is 11.2. The third kappa shape index (κ3) is 6.80. The van der Waals surface area contributed by atoms with Gasteiger partial charge in [-0.1, -0.05) is 29.4 Å². The summed E-state index contributed by atoms with van der Waals surface area (Å²) in [5.41, 5.74) is 2.34. The summed E-state index contributed by atoms with van der Waals surface area (Å²) < 4.78 is 31.7. The number of alkyl halides is 3. The Labute approximate surface area is 204 Å². The van der Waals surface area contributed by atoms with Gasteiger partial charge in [0, 0.05) is 37.5 Å². The van der Waals surface area contributed by atoms with Gasteiger partial charge < -0.3 is 20.2 Å². The van der Waals surface area contributed by atoms with Gasteiger partial charge in [0.15, 0.2) is 5.60 Å². The van der Waals surface area contributed by atoms with Gasteiger partial charge in [-0.25, -0.2) is 4.79 Å². The molecule has 2 aromatic rings. The monoisotopic (exact) mass is 506 g/mol. The van der Waals surface area contributed by atoms with Crippen LogP contribution in [0, 0.1) is 6.92 Å². The molecule has 192 valence electrons. The normalized spacial score (nSPS) is 19.0. The molecule has 2 aliphatic rings. The zero-order chi connectivity index (χ0) is 26.3. The van der Waals surface area contributed by atoms with Gasteiger partial charge in [0.25, 0.3) is 11.8 Å². The minimum Gasteiger partial charge on any atom is -0.475 e. The van der Waals surface area contributed by atoms with E-state index in [-0.39, 0.29) is 11.8 Å². The summed E-state index contributed by atoms with van der Waals surface area (Å²) in [7, 11) is 0. The predicted octanol–water partition coefficient (Wildman–Crippen LogP) is 3.09. The van der Waals surface area contributed by atoms with Gasteiger partial charge in [0.1, 0.15) is 5.71 Å². The van der Waals surface area contributed by atoms with E-state index >= 15 is 0 Å². The molecule has 2 aliphatic heterocycles. The molecule has 0 saturated carbocycles. The lowest BCUT2D eigenvalue weighted by molar-refractivity contribution is -0.192. The Morgan fingerprint density at radius 3 is 2.56 bits per heavy atom. The van der Waals surface area contributed by atoms with Crippen molar-refractivity contribution < 1.29 is 37.5 Å². The summed E-state index contributed by atoms with van der Waals surface area (Å²) in [5.74, 6) is -3.00. The Balaban J connectivity index is 0.000000454. The lowest BCUT2D eigenvalue weighted by atomic mass is 9.87. The van der Waals surface area contributed by atoms with Crippen LogP contribution in [0.1, 0.15) is 40.7 Å². The molecule has 4 rings (SSSR count). The molecule has 1 aromatic carbocycles. The summed E-state index contributed by atoms with van der Waals surface area (Å²) >= 11 is 0.